The standard InChI is InChI=1S/C24H15F4NO4/c25-16-7-1-14(2-8-16)21(31)19-20(13-3-11-18(30)12-4-13)29(23(33)22(19)32)17-9-5-15(6-10-17)24(26,27)28/h1-12,20,30-31H/b21-19+. The Kier molecular flexibility index (Phi) is 5.41. The molecule has 1 saturated heterocycles. The van der Waals surface area contributed by atoms with Gasteiger partial charge in [-0.05, 0) is 66.2 Å². The maximum absolute atomic E-state index is 13.3. The lowest BCUT2D eigenvalue weighted by atomic mass is 9.95. The molecule has 1 atom stereocenters. The number of carbonyl (C=O) groups is 2. The van der Waals surface area contributed by atoms with Crippen LogP contribution in [0.3, 0.4) is 0 Å². The molecule has 0 saturated carbocycles. The molecule has 0 bridgehead atoms. The molecule has 1 aliphatic rings. The van der Waals surface area contributed by atoms with Gasteiger partial charge in [-0.25, -0.2) is 4.39 Å². The Balaban J connectivity index is 1.89. The van der Waals surface area contributed by atoms with Crippen molar-refractivity contribution in [3.8, 4) is 5.75 Å². The van der Waals surface area contributed by atoms with Crippen LogP contribution >= 0.6 is 0 Å². The molecule has 1 heterocycles. The number of rotatable bonds is 3. The summed E-state index contributed by atoms with van der Waals surface area (Å²) < 4.78 is 52.2. The lowest BCUT2D eigenvalue weighted by molar-refractivity contribution is -0.137. The number of amides is 1. The molecule has 1 unspecified atom stereocenters. The van der Waals surface area contributed by atoms with E-state index in [4.69, 9.17) is 0 Å². The second-order valence-corrected chi connectivity index (χ2v) is 7.31. The second kappa shape index (κ2) is 8.09. The predicted octanol–water partition coefficient (Wildman–Crippen LogP) is 5.18. The fourth-order valence-electron chi connectivity index (χ4n) is 3.65. The minimum absolute atomic E-state index is 0.00123. The van der Waals surface area contributed by atoms with E-state index in [2.05, 4.69) is 0 Å². The van der Waals surface area contributed by atoms with Crippen molar-refractivity contribution in [1.82, 2.24) is 0 Å². The summed E-state index contributed by atoms with van der Waals surface area (Å²) in [5.41, 5.74) is -0.866. The highest BCUT2D eigenvalue weighted by atomic mass is 19.4. The van der Waals surface area contributed by atoms with E-state index in [1.54, 1.807) is 0 Å². The highest BCUT2D eigenvalue weighted by Crippen LogP contribution is 2.43. The van der Waals surface area contributed by atoms with Crippen molar-refractivity contribution in [2.45, 2.75) is 12.2 Å². The Labute approximate surface area is 184 Å². The molecule has 0 aliphatic carbocycles. The highest BCUT2D eigenvalue weighted by molar-refractivity contribution is 6.51. The van der Waals surface area contributed by atoms with Crippen LogP contribution in [0.25, 0.3) is 5.76 Å². The van der Waals surface area contributed by atoms with E-state index in [1.807, 2.05) is 0 Å². The van der Waals surface area contributed by atoms with Crippen LogP contribution in [0.4, 0.5) is 23.2 Å². The van der Waals surface area contributed by atoms with Crippen molar-refractivity contribution < 1.29 is 37.4 Å². The first-order valence-electron chi connectivity index (χ1n) is 9.61. The number of aliphatic hydroxyl groups excluding tert-OH is 1. The number of anilines is 1. The zero-order valence-corrected chi connectivity index (χ0v) is 16.7. The third-order valence-corrected chi connectivity index (χ3v) is 5.24. The van der Waals surface area contributed by atoms with Gasteiger partial charge < -0.3 is 10.2 Å². The molecule has 33 heavy (non-hydrogen) atoms. The molecule has 3 aromatic carbocycles. The van der Waals surface area contributed by atoms with Crippen LogP contribution in [-0.4, -0.2) is 21.9 Å². The summed E-state index contributed by atoms with van der Waals surface area (Å²) in [4.78, 5) is 26.8. The number of ketones is 1. The number of hydrogen-bond acceptors (Lipinski definition) is 4. The fourth-order valence-corrected chi connectivity index (χ4v) is 3.65. The third-order valence-electron chi connectivity index (χ3n) is 5.24. The second-order valence-electron chi connectivity index (χ2n) is 7.31. The molecule has 168 valence electrons. The third kappa shape index (κ3) is 4.05. The quantitative estimate of drug-likeness (QED) is 0.246. The number of aliphatic hydroxyl groups is 1. The SMILES string of the molecule is O=C1C(=O)N(c2ccc(C(F)(F)F)cc2)C(c2ccc(O)cc2)/C1=C(\O)c1ccc(F)cc1. The summed E-state index contributed by atoms with van der Waals surface area (Å²) in [6, 6.07) is 12.5. The van der Waals surface area contributed by atoms with Gasteiger partial charge in [0, 0.05) is 11.3 Å². The van der Waals surface area contributed by atoms with Gasteiger partial charge in [-0.3, -0.25) is 14.5 Å². The number of halogens is 4. The largest absolute Gasteiger partial charge is 0.508 e. The number of phenols is 1. The Bertz CT molecular complexity index is 1250. The van der Waals surface area contributed by atoms with Crippen LogP contribution in [0, 0.1) is 5.82 Å². The number of phenolic OH excluding ortho intramolecular Hbond substituents is 1. The number of aromatic hydroxyl groups is 1. The molecule has 2 N–H and O–H groups in total. The molecule has 0 spiro atoms. The van der Waals surface area contributed by atoms with E-state index in [9.17, 15) is 37.4 Å². The first-order chi connectivity index (χ1) is 15.6. The lowest BCUT2D eigenvalue weighted by Gasteiger charge is -2.25. The zero-order chi connectivity index (χ0) is 23.9. The summed E-state index contributed by atoms with van der Waals surface area (Å²) in [5.74, 6) is -3.36. The van der Waals surface area contributed by atoms with Gasteiger partial charge in [0.2, 0.25) is 0 Å². The van der Waals surface area contributed by atoms with Crippen molar-refractivity contribution in [1.29, 1.82) is 0 Å². The van der Waals surface area contributed by atoms with Gasteiger partial charge in [0.1, 0.15) is 17.3 Å². The van der Waals surface area contributed by atoms with E-state index >= 15 is 0 Å². The maximum Gasteiger partial charge on any atom is 0.416 e. The lowest BCUT2D eigenvalue weighted by Crippen LogP contribution is -2.29. The Morgan fingerprint density at radius 2 is 1.42 bits per heavy atom. The molecule has 1 fully saturated rings. The van der Waals surface area contributed by atoms with Gasteiger partial charge in [-0.15, -0.1) is 0 Å². The number of nitrogens with zero attached hydrogens (tertiary/aromatic N) is 1. The van der Waals surface area contributed by atoms with Crippen LogP contribution in [0.15, 0.2) is 78.4 Å². The van der Waals surface area contributed by atoms with Crippen molar-refractivity contribution in [2.24, 2.45) is 0 Å². The Morgan fingerprint density at radius 1 is 0.848 bits per heavy atom. The van der Waals surface area contributed by atoms with E-state index in [0.29, 0.717) is 5.56 Å². The molecule has 0 aromatic heterocycles. The molecule has 3 aromatic rings. The zero-order valence-electron chi connectivity index (χ0n) is 16.7. The Morgan fingerprint density at radius 3 is 1.97 bits per heavy atom. The summed E-state index contributed by atoms with van der Waals surface area (Å²) in [6.07, 6.45) is -4.59. The molecule has 0 radical (unpaired) electrons. The van der Waals surface area contributed by atoms with Crippen LogP contribution in [0.2, 0.25) is 0 Å². The monoisotopic (exact) mass is 457 g/mol. The number of Topliss-reactive ketones (excluding diaryl/α,β-unsaturated/α-hetero) is 1. The molecule has 4 rings (SSSR count). The minimum Gasteiger partial charge on any atom is -0.508 e. The Hall–Kier alpha value is -4.14. The summed E-state index contributed by atoms with van der Waals surface area (Å²) in [7, 11) is 0. The first-order valence-corrected chi connectivity index (χ1v) is 9.61. The molecule has 1 aliphatic heterocycles. The highest BCUT2D eigenvalue weighted by Gasteiger charge is 2.47. The van der Waals surface area contributed by atoms with E-state index in [-0.39, 0.29) is 22.6 Å². The average molecular weight is 457 g/mol. The average Bonchev–Trinajstić information content (AvgIpc) is 3.04. The van der Waals surface area contributed by atoms with Gasteiger partial charge in [-0.2, -0.15) is 13.2 Å². The van der Waals surface area contributed by atoms with E-state index in [0.717, 1.165) is 41.3 Å². The fraction of sp³-hybridized carbons (Fsp3) is 0.0833. The summed E-state index contributed by atoms with van der Waals surface area (Å²) in [5, 5.41) is 20.5. The predicted molar refractivity (Wildman–Crippen MR) is 111 cm³/mol. The van der Waals surface area contributed by atoms with Crippen molar-refractivity contribution in [3.05, 3.63) is 101 Å². The van der Waals surface area contributed by atoms with Gasteiger partial charge in [0.05, 0.1) is 17.2 Å². The topological polar surface area (TPSA) is 77.8 Å². The molecule has 5 nitrogen and oxygen atoms in total. The van der Waals surface area contributed by atoms with Crippen LogP contribution in [0.5, 0.6) is 5.75 Å². The first kappa shape index (κ1) is 22.1. The smallest absolute Gasteiger partial charge is 0.416 e. The number of hydrogen-bond donors (Lipinski definition) is 2. The number of alkyl halides is 3. The van der Waals surface area contributed by atoms with Gasteiger partial charge >= 0.3 is 6.18 Å². The summed E-state index contributed by atoms with van der Waals surface area (Å²) in [6.45, 7) is 0. The minimum atomic E-state index is -4.59. The number of benzene rings is 3. The summed E-state index contributed by atoms with van der Waals surface area (Å²) >= 11 is 0. The van der Waals surface area contributed by atoms with Gasteiger partial charge in [-0.1, -0.05) is 12.1 Å². The van der Waals surface area contributed by atoms with Crippen molar-refractivity contribution >= 4 is 23.1 Å². The maximum atomic E-state index is 13.3. The van der Waals surface area contributed by atoms with Gasteiger partial charge in [0.25, 0.3) is 11.7 Å². The van der Waals surface area contributed by atoms with Crippen LogP contribution in [-0.2, 0) is 15.8 Å². The van der Waals surface area contributed by atoms with Crippen LogP contribution < -0.4 is 4.90 Å². The van der Waals surface area contributed by atoms with E-state index in [1.165, 1.54) is 36.4 Å². The molecular weight excluding hydrogens is 442 g/mol. The van der Waals surface area contributed by atoms with Crippen molar-refractivity contribution in [2.75, 3.05) is 4.90 Å². The van der Waals surface area contributed by atoms with Crippen LogP contribution in [0.1, 0.15) is 22.7 Å². The van der Waals surface area contributed by atoms with Gasteiger partial charge in [0.15, 0.2) is 0 Å². The molecule has 9 heteroatoms. The molecular formula is C24H15F4NO4. The number of carbonyl (C=O) groups excluding carboxylic acids is 2. The molecule has 1 amide bonds. The normalized spacial score (nSPS) is 18.1. The van der Waals surface area contributed by atoms with Crippen molar-refractivity contribution in [3.63, 3.8) is 0 Å². The van der Waals surface area contributed by atoms with E-state index < -0.39 is 41.0 Å².